The van der Waals surface area contributed by atoms with Crippen LogP contribution in [-0.4, -0.2) is 40.4 Å². The first-order valence-corrected chi connectivity index (χ1v) is 5.76. The van der Waals surface area contributed by atoms with Gasteiger partial charge in [0.1, 0.15) is 0 Å². The van der Waals surface area contributed by atoms with Crippen molar-refractivity contribution in [1.82, 2.24) is 20.2 Å². The zero-order valence-electron chi connectivity index (χ0n) is 11.0. The fourth-order valence-electron chi connectivity index (χ4n) is 1.46. The minimum Gasteiger partial charge on any atom is -0.353 e. The number of anilines is 1. The molecule has 7 nitrogen and oxygen atoms in total. The van der Waals surface area contributed by atoms with Crippen LogP contribution in [0.3, 0.4) is 0 Å². The lowest BCUT2D eigenvalue weighted by Gasteiger charge is -2.16. The number of nitrogens with one attached hydrogen (secondary N) is 2. The Morgan fingerprint density at radius 3 is 2.67 bits per heavy atom. The van der Waals surface area contributed by atoms with Crippen molar-refractivity contribution in [3.63, 3.8) is 0 Å². The molecule has 0 saturated carbocycles. The average molecular weight is 252 g/mol. The van der Waals surface area contributed by atoms with Gasteiger partial charge >= 0.3 is 0 Å². The SMILES string of the molecule is CC(C)NC(=O)CN(C)Cc1cnc(NN)cn1. The summed E-state index contributed by atoms with van der Waals surface area (Å²) in [7, 11) is 1.86. The second-order valence-electron chi connectivity index (χ2n) is 4.43. The maximum Gasteiger partial charge on any atom is 0.234 e. The van der Waals surface area contributed by atoms with Crippen LogP contribution >= 0.6 is 0 Å². The molecule has 1 rings (SSSR count). The van der Waals surface area contributed by atoms with Crippen molar-refractivity contribution >= 4 is 11.7 Å². The van der Waals surface area contributed by atoms with E-state index in [-0.39, 0.29) is 11.9 Å². The molecule has 7 heteroatoms. The van der Waals surface area contributed by atoms with E-state index in [1.54, 1.807) is 12.4 Å². The first-order valence-electron chi connectivity index (χ1n) is 5.76. The van der Waals surface area contributed by atoms with Crippen molar-refractivity contribution in [3.8, 4) is 0 Å². The molecular weight excluding hydrogens is 232 g/mol. The Labute approximate surface area is 107 Å². The number of hydrogen-bond donors (Lipinski definition) is 3. The van der Waals surface area contributed by atoms with Gasteiger partial charge in [0.15, 0.2) is 5.82 Å². The van der Waals surface area contributed by atoms with Gasteiger partial charge < -0.3 is 10.7 Å². The smallest absolute Gasteiger partial charge is 0.234 e. The molecule has 0 saturated heterocycles. The van der Waals surface area contributed by atoms with Crippen LogP contribution in [0.5, 0.6) is 0 Å². The predicted octanol–water partition coefficient (Wildman–Crippen LogP) is -0.281. The van der Waals surface area contributed by atoms with Gasteiger partial charge in [-0.1, -0.05) is 0 Å². The summed E-state index contributed by atoms with van der Waals surface area (Å²) < 4.78 is 0. The summed E-state index contributed by atoms with van der Waals surface area (Å²) in [6.07, 6.45) is 3.18. The molecule has 0 radical (unpaired) electrons. The van der Waals surface area contributed by atoms with Crippen LogP contribution in [0.2, 0.25) is 0 Å². The molecule has 0 aromatic carbocycles. The molecule has 1 amide bonds. The van der Waals surface area contributed by atoms with Gasteiger partial charge in [-0.3, -0.25) is 14.7 Å². The van der Waals surface area contributed by atoms with E-state index in [4.69, 9.17) is 5.84 Å². The number of nitrogens with two attached hydrogens (primary N) is 1. The third-order valence-electron chi connectivity index (χ3n) is 2.15. The Balaban J connectivity index is 2.43. The van der Waals surface area contributed by atoms with E-state index in [2.05, 4.69) is 20.7 Å². The Bertz CT molecular complexity index is 378. The fourth-order valence-corrected chi connectivity index (χ4v) is 1.46. The fraction of sp³-hybridized carbons (Fsp3) is 0.545. The van der Waals surface area contributed by atoms with Crippen LogP contribution in [0, 0.1) is 0 Å². The van der Waals surface area contributed by atoms with Crippen LogP contribution in [-0.2, 0) is 11.3 Å². The quantitative estimate of drug-likeness (QED) is 0.476. The van der Waals surface area contributed by atoms with Crippen LogP contribution in [0.4, 0.5) is 5.82 Å². The maximum atomic E-state index is 11.5. The number of carbonyl (C=O) groups is 1. The third kappa shape index (κ3) is 5.07. The van der Waals surface area contributed by atoms with E-state index >= 15 is 0 Å². The van der Waals surface area contributed by atoms with Gasteiger partial charge in [0.25, 0.3) is 0 Å². The second kappa shape index (κ2) is 6.87. The molecule has 0 unspecified atom stereocenters. The number of nitrogens with zero attached hydrogens (tertiary/aromatic N) is 3. The van der Waals surface area contributed by atoms with E-state index in [9.17, 15) is 4.79 Å². The Morgan fingerprint density at radius 2 is 2.17 bits per heavy atom. The summed E-state index contributed by atoms with van der Waals surface area (Å²) in [5, 5.41) is 2.83. The molecular formula is C11H20N6O. The summed E-state index contributed by atoms with van der Waals surface area (Å²) >= 11 is 0. The van der Waals surface area contributed by atoms with Gasteiger partial charge in [-0.2, -0.15) is 0 Å². The Hall–Kier alpha value is -1.73. The summed E-state index contributed by atoms with van der Waals surface area (Å²) in [5.74, 6) is 5.71. The molecule has 1 aromatic rings. The highest BCUT2D eigenvalue weighted by Gasteiger charge is 2.08. The number of likely N-dealkylation sites (N-methyl/N-ethyl adjacent to an activating group) is 1. The van der Waals surface area contributed by atoms with Crippen molar-refractivity contribution in [2.75, 3.05) is 19.0 Å². The molecule has 0 fully saturated rings. The topological polar surface area (TPSA) is 96.2 Å². The van der Waals surface area contributed by atoms with Gasteiger partial charge in [0, 0.05) is 12.6 Å². The van der Waals surface area contributed by atoms with Gasteiger partial charge in [-0.05, 0) is 20.9 Å². The standard InChI is InChI=1S/C11H20N6O/c1-8(2)15-11(18)7-17(3)6-9-4-14-10(16-12)5-13-9/h4-5,8H,6-7,12H2,1-3H3,(H,14,16)(H,15,18). The minimum absolute atomic E-state index is 0.000652. The summed E-state index contributed by atoms with van der Waals surface area (Å²) in [4.78, 5) is 21.6. The number of rotatable bonds is 6. The van der Waals surface area contributed by atoms with Gasteiger partial charge in [-0.15, -0.1) is 0 Å². The minimum atomic E-state index is 0.000652. The van der Waals surface area contributed by atoms with Crippen LogP contribution in [0.1, 0.15) is 19.5 Å². The van der Waals surface area contributed by atoms with Gasteiger partial charge in [0.05, 0.1) is 24.6 Å². The maximum absolute atomic E-state index is 11.5. The molecule has 0 atom stereocenters. The van der Waals surface area contributed by atoms with E-state index in [1.807, 2.05) is 25.8 Å². The number of hydrogen-bond acceptors (Lipinski definition) is 6. The van der Waals surface area contributed by atoms with Crippen molar-refractivity contribution in [1.29, 1.82) is 0 Å². The van der Waals surface area contributed by atoms with Crippen LogP contribution in [0.25, 0.3) is 0 Å². The Morgan fingerprint density at radius 1 is 1.44 bits per heavy atom. The molecule has 0 spiro atoms. The predicted molar refractivity (Wildman–Crippen MR) is 69.5 cm³/mol. The summed E-state index contributed by atoms with van der Waals surface area (Å²) in [6.45, 7) is 4.75. The summed E-state index contributed by atoms with van der Waals surface area (Å²) in [6, 6.07) is 0.153. The van der Waals surface area contributed by atoms with E-state index in [1.165, 1.54) is 0 Å². The molecule has 0 bridgehead atoms. The molecule has 1 aromatic heterocycles. The molecule has 0 aliphatic rings. The molecule has 100 valence electrons. The highest BCUT2D eigenvalue weighted by atomic mass is 16.2. The second-order valence-corrected chi connectivity index (χ2v) is 4.43. The number of amides is 1. The summed E-state index contributed by atoms with van der Waals surface area (Å²) in [5.41, 5.74) is 3.20. The van der Waals surface area contributed by atoms with E-state index in [0.29, 0.717) is 18.9 Å². The van der Waals surface area contributed by atoms with Crippen molar-refractivity contribution in [3.05, 3.63) is 18.1 Å². The number of nitrogen functional groups attached to an aromatic ring is 1. The van der Waals surface area contributed by atoms with Gasteiger partial charge in [0.2, 0.25) is 5.91 Å². The third-order valence-corrected chi connectivity index (χ3v) is 2.15. The van der Waals surface area contributed by atoms with Crippen molar-refractivity contribution in [2.45, 2.75) is 26.4 Å². The van der Waals surface area contributed by atoms with Crippen LogP contribution < -0.4 is 16.6 Å². The molecule has 0 aliphatic carbocycles. The normalized spacial score (nSPS) is 10.8. The average Bonchev–Trinajstić information content (AvgIpc) is 2.28. The lowest BCUT2D eigenvalue weighted by Crippen LogP contribution is -2.38. The zero-order chi connectivity index (χ0) is 13.5. The molecule has 1 heterocycles. The highest BCUT2D eigenvalue weighted by molar-refractivity contribution is 5.78. The van der Waals surface area contributed by atoms with E-state index in [0.717, 1.165) is 5.69 Å². The lowest BCUT2D eigenvalue weighted by molar-refractivity contribution is -0.122. The highest BCUT2D eigenvalue weighted by Crippen LogP contribution is 2.01. The lowest BCUT2D eigenvalue weighted by atomic mass is 10.3. The molecule has 4 N–H and O–H groups in total. The number of aromatic nitrogens is 2. The van der Waals surface area contributed by atoms with Gasteiger partial charge in [-0.25, -0.2) is 10.8 Å². The number of carbonyl (C=O) groups excluding carboxylic acids is 1. The first kappa shape index (κ1) is 14.3. The zero-order valence-corrected chi connectivity index (χ0v) is 11.0. The monoisotopic (exact) mass is 252 g/mol. The molecule has 0 aliphatic heterocycles. The number of hydrazine groups is 1. The van der Waals surface area contributed by atoms with E-state index < -0.39 is 0 Å². The van der Waals surface area contributed by atoms with Crippen molar-refractivity contribution in [2.24, 2.45) is 5.84 Å². The first-order chi connectivity index (χ1) is 8.51. The van der Waals surface area contributed by atoms with Crippen LogP contribution in [0.15, 0.2) is 12.4 Å². The largest absolute Gasteiger partial charge is 0.353 e. The van der Waals surface area contributed by atoms with Crippen molar-refractivity contribution < 1.29 is 4.79 Å². The molecule has 18 heavy (non-hydrogen) atoms. The Kier molecular flexibility index (Phi) is 5.47.